The second kappa shape index (κ2) is 5.95. The van der Waals surface area contributed by atoms with Gasteiger partial charge < -0.3 is 10.2 Å². The lowest BCUT2D eigenvalue weighted by atomic mass is 10.3. The summed E-state index contributed by atoms with van der Waals surface area (Å²) in [6, 6.07) is 5.74. The molecule has 5 nitrogen and oxygen atoms in total. The Morgan fingerprint density at radius 1 is 1.20 bits per heavy atom. The van der Waals surface area contributed by atoms with E-state index in [1.807, 2.05) is 0 Å². The highest BCUT2D eigenvalue weighted by Crippen LogP contribution is 2.29. The van der Waals surface area contributed by atoms with E-state index in [1.165, 1.54) is 24.3 Å². The molecular formula is C11H9BrCl2N2O3S. The Labute approximate surface area is 134 Å². The predicted octanol–water partition coefficient (Wildman–Crippen LogP) is 3.61. The molecule has 1 aromatic carbocycles. The number of nitrogens with one attached hydrogen (secondary N) is 1. The second-order valence-electron chi connectivity index (χ2n) is 3.82. The van der Waals surface area contributed by atoms with Gasteiger partial charge >= 0.3 is 0 Å². The van der Waals surface area contributed by atoms with Gasteiger partial charge in [-0.15, -0.1) is 0 Å². The number of hydrogen-bond donors (Lipinski definition) is 2. The number of nitrogens with two attached hydrogens (primary N) is 1. The molecule has 0 aliphatic heterocycles. The van der Waals surface area contributed by atoms with E-state index < -0.39 is 10.0 Å². The molecule has 0 saturated heterocycles. The molecule has 0 aliphatic carbocycles. The van der Waals surface area contributed by atoms with Crippen LogP contribution in [0.5, 0.6) is 0 Å². The summed E-state index contributed by atoms with van der Waals surface area (Å²) in [7, 11) is -3.83. The summed E-state index contributed by atoms with van der Waals surface area (Å²) in [5.41, 5.74) is 5.66. The third kappa shape index (κ3) is 3.48. The van der Waals surface area contributed by atoms with E-state index in [0.29, 0.717) is 15.8 Å². The Bertz CT molecular complexity index is 726. The van der Waals surface area contributed by atoms with Crippen molar-refractivity contribution in [2.45, 2.75) is 11.4 Å². The maximum atomic E-state index is 12.2. The first-order valence-electron chi connectivity index (χ1n) is 5.29. The first-order chi connectivity index (χ1) is 9.31. The van der Waals surface area contributed by atoms with Crippen LogP contribution in [0.15, 0.2) is 38.2 Å². The molecule has 0 atom stereocenters. The maximum Gasteiger partial charge on any atom is 0.266 e. The van der Waals surface area contributed by atoms with Crippen LogP contribution in [0.3, 0.4) is 0 Å². The average molecular weight is 400 g/mol. The van der Waals surface area contributed by atoms with Gasteiger partial charge in [-0.3, -0.25) is 4.72 Å². The first-order valence-corrected chi connectivity index (χ1v) is 8.32. The smallest absolute Gasteiger partial charge is 0.266 e. The van der Waals surface area contributed by atoms with Crippen LogP contribution in [0.4, 0.5) is 5.69 Å². The number of halogens is 3. The summed E-state index contributed by atoms with van der Waals surface area (Å²) in [4.78, 5) is -0.0472. The quantitative estimate of drug-likeness (QED) is 0.822. The summed E-state index contributed by atoms with van der Waals surface area (Å²) >= 11 is 14.7. The van der Waals surface area contributed by atoms with Crippen molar-refractivity contribution in [1.82, 2.24) is 0 Å². The maximum absolute atomic E-state index is 12.2. The van der Waals surface area contributed by atoms with Crippen LogP contribution in [0.1, 0.15) is 5.76 Å². The highest BCUT2D eigenvalue weighted by Gasteiger charge is 2.22. The lowest BCUT2D eigenvalue weighted by Crippen LogP contribution is -2.12. The third-order valence-corrected chi connectivity index (χ3v) is 4.99. The number of furan rings is 1. The first kappa shape index (κ1) is 15.7. The van der Waals surface area contributed by atoms with Crippen LogP contribution in [-0.2, 0) is 16.6 Å². The van der Waals surface area contributed by atoms with Crippen molar-refractivity contribution < 1.29 is 12.8 Å². The summed E-state index contributed by atoms with van der Waals surface area (Å²) in [6.45, 7) is 0.0944. The number of anilines is 1. The van der Waals surface area contributed by atoms with Crippen molar-refractivity contribution in [3.63, 3.8) is 0 Å². The van der Waals surface area contributed by atoms with Crippen LogP contribution < -0.4 is 10.5 Å². The molecule has 2 aromatic rings. The lowest BCUT2D eigenvalue weighted by molar-refractivity contribution is 0.484. The van der Waals surface area contributed by atoms with Crippen molar-refractivity contribution in [1.29, 1.82) is 0 Å². The van der Waals surface area contributed by atoms with Crippen molar-refractivity contribution >= 4 is 54.8 Å². The molecule has 0 aliphatic rings. The highest BCUT2D eigenvalue weighted by molar-refractivity contribution is 9.10. The van der Waals surface area contributed by atoms with Crippen LogP contribution >= 0.6 is 39.1 Å². The fourth-order valence-corrected chi connectivity index (χ4v) is 4.07. The molecule has 2 rings (SSSR count). The average Bonchev–Trinajstić information content (AvgIpc) is 2.69. The van der Waals surface area contributed by atoms with Gasteiger partial charge in [-0.25, -0.2) is 8.42 Å². The Hall–Kier alpha value is -0.730. The molecular weight excluding hydrogens is 391 g/mol. The van der Waals surface area contributed by atoms with Gasteiger partial charge in [0.1, 0.15) is 10.7 Å². The summed E-state index contributed by atoms with van der Waals surface area (Å²) < 4.78 is 32.1. The topological polar surface area (TPSA) is 85.3 Å². The molecule has 0 bridgehead atoms. The third-order valence-electron chi connectivity index (χ3n) is 2.31. The summed E-state index contributed by atoms with van der Waals surface area (Å²) in [5.74, 6) is 0.348. The fraction of sp³-hybridized carbons (Fsp3) is 0.0909. The number of benzene rings is 1. The Balaban J connectivity index is 2.37. The van der Waals surface area contributed by atoms with Crippen LogP contribution in [0.2, 0.25) is 10.0 Å². The van der Waals surface area contributed by atoms with Crippen LogP contribution in [0, 0.1) is 0 Å². The molecule has 0 unspecified atom stereocenters. The van der Waals surface area contributed by atoms with Gasteiger partial charge in [0.2, 0.25) is 0 Å². The molecule has 0 saturated carbocycles. The molecule has 9 heteroatoms. The summed E-state index contributed by atoms with van der Waals surface area (Å²) in [6.07, 6.45) is 0. The van der Waals surface area contributed by atoms with Gasteiger partial charge in [0.25, 0.3) is 10.0 Å². The van der Waals surface area contributed by atoms with Crippen molar-refractivity contribution in [3.8, 4) is 0 Å². The van der Waals surface area contributed by atoms with Crippen molar-refractivity contribution in [2.75, 3.05) is 4.72 Å². The molecule has 0 radical (unpaired) electrons. The normalized spacial score (nSPS) is 11.6. The molecule has 20 heavy (non-hydrogen) atoms. The van der Waals surface area contributed by atoms with Gasteiger partial charge in [-0.2, -0.15) is 0 Å². The van der Waals surface area contributed by atoms with E-state index in [9.17, 15) is 8.42 Å². The zero-order valence-electron chi connectivity index (χ0n) is 9.86. The summed E-state index contributed by atoms with van der Waals surface area (Å²) in [5, 5.41) is 0.646. The Morgan fingerprint density at radius 3 is 2.30 bits per heavy atom. The molecule has 1 aromatic heterocycles. The number of hydrogen-bond acceptors (Lipinski definition) is 4. The molecule has 0 fully saturated rings. The number of rotatable bonds is 4. The Morgan fingerprint density at radius 2 is 1.80 bits per heavy atom. The van der Waals surface area contributed by atoms with E-state index >= 15 is 0 Å². The van der Waals surface area contributed by atoms with E-state index in [-0.39, 0.29) is 21.8 Å². The molecule has 0 spiro atoms. The second-order valence-corrected chi connectivity index (χ2v) is 7.06. The van der Waals surface area contributed by atoms with E-state index in [4.69, 9.17) is 33.4 Å². The van der Waals surface area contributed by atoms with Gasteiger partial charge in [-0.1, -0.05) is 23.2 Å². The van der Waals surface area contributed by atoms with Crippen LogP contribution in [-0.4, -0.2) is 8.42 Å². The molecule has 0 amide bonds. The Kier molecular flexibility index (Phi) is 4.66. The number of sulfonamides is 1. The van der Waals surface area contributed by atoms with E-state index in [0.717, 1.165) is 0 Å². The minimum atomic E-state index is -3.83. The SMILES string of the molecule is NCc1cc(S(=O)(=O)Nc2cc(Cl)cc(Cl)c2)c(Br)o1. The highest BCUT2D eigenvalue weighted by atomic mass is 79.9. The molecule has 1 heterocycles. The monoisotopic (exact) mass is 398 g/mol. The van der Waals surface area contributed by atoms with Gasteiger partial charge in [-0.05, 0) is 34.1 Å². The fourth-order valence-electron chi connectivity index (χ4n) is 1.50. The zero-order chi connectivity index (χ0) is 14.9. The minimum absolute atomic E-state index is 0.0472. The van der Waals surface area contributed by atoms with E-state index in [2.05, 4.69) is 20.7 Å². The largest absolute Gasteiger partial charge is 0.452 e. The van der Waals surface area contributed by atoms with Crippen LogP contribution in [0.25, 0.3) is 0 Å². The molecule has 3 N–H and O–H groups in total. The van der Waals surface area contributed by atoms with Crippen molar-refractivity contribution in [2.24, 2.45) is 5.73 Å². The van der Waals surface area contributed by atoms with E-state index in [1.54, 1.807) is 0 Å². The minimum Gasteiger partial charge on any atom is -0.452 e. The van der Waals surface area contributed by atoms with Gasteiger partial charge in [0.15, 0.2) is 4.67 Å². The standard InChI is InChI=1S/C11H9BrCl2N2O3S/c12-11-10(4-9(5-15)19-11)20(17,18)16-8-2-6(13)1-7(14)3-8/h1-4,16H,5,15H2. The molecule has 108 valence electrons. The lowest BCUT2D eigenvalue weighted by Gasteiger charge is -2.07. The van der Waals surface area contributed by atoms with Gasteiger partial charge in [0.05, 0.1) is 12.2 Å². The van der Waals surface area contributed by atoms with Crippen molar-refractivity contribution in [3.05, 3.63) is 44.7 Å². The zero-order valence-corrected chi connectivity index (χ0v) is 13.8. The van der Waals surface area contributed by atoms with Gasteiger partial charge in [0, 0.05) is 16.1 Å². The predicted molar refractivity (Wildman–Crippen MR) is 81.6 cm³/mol.